The second kappa shape index (κ2) is 6.77. The summed E-state index contributed by atoms with van der Waals surface area (Å²) < 4.78 is 5.40. The summed E-state index contributed by atoms with van der Waals surface area (Å²) in [5.41, 5.74) is 6.96. The van der Waals surface area contributed by atoms with Gasteiger partial charge in [0.25, 0.3) is 0 Å². The van der Waals surface area contributed by atoms with Gasteiger partial charge in [-0.25, -0.2) is 9.97 Å². The predicted octanol–water partition coefficient (Wildman–Crippen LogP) is 4.21. The molecular weight excluding hydrogens is 348 g/mol. The second-order valence-electron chi connectivity index (χ2n) is 7.39. The molecule has 140 valence electrons. The lowest BCUT2D eigenvalue weighted by atomic mass is 9.86. The highest BCUT2D eigenvalue weighted by molar-refractivity contribution is 5.80. The molecule has 0 bridgehead atoms. The van der Waals surface area contributed by atoms with Gasteiger partial charge in [-0.3, -0.25) is 0 Å². The first-order valence-electron chi connectivity index (χ1n) is 9.47. The van der Waals surface area contributed by atoms with Crippen molar-refractivity contribution in [1.82, 2.24) is 19.9 Å². The summed E-state index contributed by atoms with van der Waals surface area (Å²) in [6.45, 7) is 1.91. The summed E-state index contributed by atoms with van der Waals surface area (Å²) in [7, 11) is 3.81. The highest BCUT2D eigenvalue weighted by Gasteiger charge is 2.26. The highest BCUT2D eigenvalue weighted by atomic mass is 16.5. The molecule has 3 heterocycles. The topological polar surface area (TPSA) is 54.0 Å². The number of hydrogen-bond acceptors (Lipinski definition) is 4. The number of rotatable bonds is 3. The van der Waals surface area contributed by atoms with Crippen LogP contribution in [0.15, 0.2) is 60.9 Å². The van der Waals surface area contributed by atoms with Crippen LogP contribution >= 0.6 is 0 Å². The zero-order chi connectivity index (χ0) is 19.1. The summed E-state index contributed by atoms with van der Waals surface area (Å²) in [6, 6.07) is 17.3. The maximum atomic E-state index is 5.40. The number of H-pyrrole nitrogens is 1. The van der Waals surface area contributed by atoms with Gasteiger partial charge in [0, 0.05) is 48.2 Å². The summed E-state index contributed by atoms with van der Waals surface area (Å²) in [4.78, 5) is 14.8. The minimum Gasteiger partial charge on any atom is -0.479 e. The molecule has 2 aromatic carbocycles. The quantitative estimate of drug-likeness (QED) is 0.587. The van der Waals surface area contributed by atoms with E-state index in [-0.39, 0.29) is 0 Å². The van der Waals surface area contributed by atoms with Gasteiger partial charge in [0.05, 0.1) is 7.11 Å². The Kier molecular flexibility index (Phi) is 4.10. The molecule has 0 fully saturated rings. The normalized spacial score (nSPS) is 16.9. The lowest BCUT2D eigenvalue weighted by Gasteiger charge is -2.32. The van der Waals surface area contributed by atoms with Crippen LogP contribution in [-0.4, -0.2) is 40.6 Å². The van der Waals surface area contributed by atoms with Gasteiger partial charge < -0.3 is 14.6 Å². The zero-order valence-corrected chi connectivity index (χ0v) is 16.0. The third-order valence-electron chi connectivity index (χ3n) is 5.51. The van der Waals surface area contributed by atoms with E-state index in [1.54, 1.807) is 19.5 Å². The Balaban J connectivity index is 1.59. The third-order valence-corrected chi connectivity index (χ3v) is 5.51. The average molecular weight is 370 g/mol. The number of para-hydroxylation sites is 1. The largest absolute Gasteiger partial charge is 0.479 e. The fraction of sp³-hybridized carbons (Fsp3) is 0.217. The van der Waals surface area contributed by atoms with Gasteiger partial charge in [-0.15, -0.1) is 0 Å². The van der Waals surface area contributed by atoms with Crippen molar-refractivity contribution < 1.29 is 4.74 Å². The van der Waals surface area contributed by atoms with Gasteiger partial charge in [-0.2, -0.15) is 0 Å². The number of benzene rings is 2. The highest BCUT2D eigenvalue weighted by Crippen LogP contribution is 2.36. The van der Waals surface area contributed by atoms with Crippen LogP contribution in [0.5, 0.6) is 5.88 Å². The van der Waals surface area contributed by atoms with E-state index in [1.807, 2.05) is 0 Å². The van der Waals surface area contributed by atoms with E-state index in [0.29, 0.717) is 11.8 Å². The van der Waals surface area contributed by atoms with Gasteiger partial charge in [0.15, 0.2) is 0 Å². The molecule has 5 nitrogen and oxygen atoms in total. The number of ether oxygens (including phenoxy) is 1. The molecule has 0 spiro atoms. The molecule has 0 aliphatic carbocycles. The first-order valence-corrected chi connectivity index (χ1v) is 9.47. The molecule has 1 atom stereocenters. The molecule has 1 N–H and O–H groups in total. The van der Waals surface area contributed by atoms with Crippen LogP contribution in [0.25, 0.3) is 22.2 Å². The first-order chi connectivity index (χ1) is 13.7. The summed E-state index contributed by atoms with van der Waals surface area (Å²) in [6.07, 6.45) is 3.36. The van der Waals surface area contributed by atoms with E-state index < -0.39 is 0 Å². The van der Waals surface area contributed by atoms with E-state index in [0.717, 1.165) is 24.3 Å². The van der Waals surface area contributed by atoms with Crippen molar-refractivity contribution in [2.45, 2.75) is 12.5 Å². The maximum absolute atomic E-state index is 5.40. The van der Waals surface area contributed by atoms with E-state index >= 15 is 0 Å². The molecule has 0 amide bonds. The van der Waals surface area contributed by atoms with E-state index in [1.165, 1.54) is 27.7 Å². The molecule has 0 saturated heterocycles. The molecule has 1 unspecified atom stereocenters. The molecule has 0 saturated carbocycles. The molecular formula is C23H22N4O. The van der Waals surface area contributed by atoms with Crippen LogP contribution in [0.4, 0.5) is 0 Å². The summed E-state index contributed by atoms with van der Waals surface area (Å²) in [5, 5.41) is 1.26. The van der Waals surface area contributed by atoms with Crippen LogP contribution in [-0.2, 0) is 6.54 Å². The molecule has 0 radical (unpaired) electrons. The van der Waals surface area contributed by atoms with Crippen molar-refractivity contribution in [3.8, 4) is 17.1 Å². The van der Waals surface area contributed by atoms with E-state index in [4.69, 9.17) is 4.74 Å². The number of nitrogens with one attached hydrogen (secondary N) is 1. The number of nitrogens with zero attached hydrogens (tertiary/aromatic N) is 3. The van der Waals surface area contributed by atoms with Gasteiger partial charge >= 0.3 is 0 Å². The number of hydrogen-bond donors (Lipinski definition) is 1. The lowest BCUT2D eigenvalue weighted by molar-refractivity contribution is 0.294. The standard InChI is InChI=1S/C23H22N4O/c1-27-13-17-11-16(22-23(28-2)25-10-9-24-22)7-8-18(17)19(14-27)21-12-15-5-3-4-6-20(15)26-21/h3-12,19,26H,13-14H2,1-2H3. The molecule has 4 aromatic rings. The Hall–Kier alpha value is -3.18. The Morgan fingerprint density at radius 3 is 2.79 bits per heavy atom. The van der Waals surface area contributed by atoms with Crippen molar-refractivity contribution >= 4 is 10.9 Å². The number of likely N-dealkylation sites (N-methyl/N-ethyl adjacent to an activating group) is 1. The van der Waals surface area contributed by atoms with Crippen molar-refractivity contribution in [2.75, 3.05) is 20.7 Å². The van der Waals surface area contributed by atoms with Gasteiger partial charge in [-0.05, 0) is 41.8 Å². The van der Waals surface area contributed by atoms with Gasteiger partial charge in [0.1, 0.15) is 5.69 Å². The van der Waals surface area contributed by atoms with E-state index in [2.05, 4.69) is 75.4 Å². The SMILES string of the molecule is COc1nccnc1-c1ccc2c(c1)CN(C)CC2c1cc2ccccc2[nH]1. The van der Waals surface area contributed by atoms with Crippen LogP contribution in [0.1, 0.15) is 22.7 Å². The molecule has 2 aromatic heterocycles. The van der Waals surface area contributed by atoms with Crippen molar-refractivity contribution in [3.05, 3.63) is 77.7 Å². The zero-order valence-electron chi connectivity index (χ0n) is 16.0. The number of methoxy groups -OCH3 is 1. The number of aromatic amines is 1. The monoisotopic (exact) mass is 370 g/mol. The van der Waals surface area contributed by atoms with Gasteiger partial charge in [-0.1, -0.05) is 30.3 Å². The molecule has 5 heteroatoms. The number of aromatic nitrogens is 3. The van der Waals surface area contributed by atoms with Gasteiger partial charge in [0.2, 0.25) is 5.88 Å². The Morgan fingerprint density at radius 2 is 1.93 bits per heavy atom. The third kappa shape index (κ3) is 2.84. The van der Waals surface area contributed by atoms with Crippen LogP contribution in [0.2, 0.25) is 0 Å². The van der Waals surface area contributed by atoms with Crippen LogP contribution in [0, 0.1) is 0 Å². The second-order valence-corrected chi connectivity index (χ2v) is 7.39. The van der Waals surface area contributed by atoms with Crippen molar-refractivity contribution in [1.29, 1.82) is 0 Å². The minimum atomic E-state index is 0.318. The maximum Gasteiger partial charge on any atom is 0.240 e. The Labute approximate surface area is 164 Å². The minimum absolute atomic E-state index is 0.318. The Morgan fingerprint density at radius 1 is 1.07 bits per heavy atom. The molecule has 28 heavy (non-hydrogen) atoms. The van der Waals surface area contributed by atoms with E-state index in [9.17, 15) is 0 Å². The molecule has 5 rings (SSSR count). The van der Waals surface area contributed by atoms with Crippen molar-refractivity contribution in [2.24, 2.45) is 0 Å². The summed E-state index contributed by atoms with van der Waals surface area (Å²) >= 11 is 0. The van der Waals surface area contributed by atoms with Crippen LogP contribution in [0.3, 0.4) is 0 Å². The molecule has 1 aliphatic heterocycles. The first kappa shape index (κ1) is 17.0. The smallest absolute Gasteiger partial charge is 0.240 e. The fourth-order valence-corrected chi connectivity index (χ4v) is 4.22. The van der Waals surface area contributed by atoms with Crippen molar-refractivity contribution in [3.63, 3.8) is 0 Å². The predicted molar refractivity (Wildman–Crippen MR) is 110 cm³/mol. The Bertz CT molecular complexity index is 1120. The average Bonchev–Trinajstić information content (AvgIpc) is 3.16. The fourth-order valence-electron chi connectivity index (χ4n) is 4.22. The van der Waals surface area contributed by atoms with Crippen LogP contribution < -0.4 is 4.74 Å². The number of fused-ring (bicyclic) bond motifs is 2. The molecule has 1 aliphatic rings. The lowest BCUT2D eigenvalue weighted by Crippen LogP contribution is -2.31. The summed E-state index contributed by atoms with van der Waals surface area (Å²) in [5.74, 6) is 0.873.